The highest BCUT2D eigenvalue weighted by molar-refractivity contribution is 6.31. The van der Waals surface area contributed by atoms with E-state index in [0.717, 1.165) is 0 Å². The van der Waals surface area contributed by atoms with Crippen molar-refractivity contribution in [2.75, 3.05) is 5.43 Å². The number of hydrogen-bond acceptors (Lipinski definition) is 4. The van der Waals surface area contributed by atoms with Gasteiger partial charge >= 0.3 is 0 Å². The average Bonchev–Trinajstić information content (AvgIpc) is 2.40. The quantitative estimate of drug-likeness (QED) is 0.659. The van der Waals surface area contributed by atoms with Crippen molar-refractivity contribution in [1.29, 1.82) is 0 Å². The van der Waals surface area contributed by atoms with E-state index in [1.54, 1.807) is 31.3 Å². The van der Waals surface area contributed by atoms with Gasteiger partial charge in [0.25, 0.3) is 0 Å². The highest BCUT2D eigenvalue weighted by Crippen LogP contribution is 2.22. The SMILES string of the molecule is C/C(=N\Nc1ccccn1)c1cc(Cl)ccc1O. The molecule has 0 unspecified atom stereocenters. The number of hydrazone groups is 1. The van der Waals surface area contributed by atoms with E-state index < -0.39 is 0 Å². The minimum absolute atomic E-state index is 0.142. The molecule has 1 heterocycles. The van der Waals surface area contributed by atoms with Gasteiger partial charge in [-0.1, -0.05) is 17.7 Å². The van der Waals surface area contributed by atoms with Crippen molar-refractivity contribution in [3.8, 4) is 5.75 Å². The summed E-state index contributed by atoms with van der Waals surface area (Å²) in [6.07, 6.45) is 1.67. The molecular formula is C13H12ClN3O. The van der Waals surface area contributed by atoms with Crippen LogP contribution in [0.3, 0.4) is 0 Å². The molecule has 18 heavy (non-hydrogen) atoms. The van der Waals surface area contributed by atoms with Crippen molar-refractivity contribution in [1.82, 2.24) is 4.98 Å². The van der Waals surface area contributed by atoms with Crippen LogP contribution in [0.5, 0.6) is 5.75 Å². The molecule has 2 rings (SSSR count). The third-order valence-corrected chi connectivity index (χ3v) is 2.59. The van der Waals surface area contributed by atoms with Gasteiger partial charge in [0.05, 0.1) is 5.71 Å². The summed E-state index contributed by atoms with van der Waals surface area (Å²) in [4.78, 5) is 4.08. The van der Waals surface area contributed by atoms with Gasteiger partial charge in [-0.25, -0.2) is 4.98 Å². The van der Waals surface area contributed by atoms with E-state index in [1.807, 2.05) is 12.1 Å². The van der Waals surface area contributed by atoms with Crippen molar-refractivity contribution in [3.05, 3.63) is 53.2 Å². The summed E-state index contributed by atoms with van der Waals surface area (Å²) >= 11 is 5.88. The van der Waals surface area contributed by atoms with Crippen LogP contribution in [0, 0.1) is 0 Å². The van der Waals surface area contributed by atoms with Crippen molar-refractivity contribution in [2.24, 2.45) is 5.10 Å². The van der Waals surface area contributed by atoms with Gasteiger partial charge in [0, 0.05) is 16.8 Å². The van der Waals surface area contributed by atoms with Crippen LogP contribution in [0.15, 0.2) is 47.7 Å². The first-order chi connectivity index (χ1) is 8.66. The molecule has 0 aliphatic heterocycles. The fourth-order valence-corrected chi connectivity index (χ4v) is 1.60. The average molecular weight is 262 g/mol. The summed E-state index contributed by atoms with van der Waals surface area (Å²) in [5, 5.41) is 14.4. The Morgan fingerprint density at radius 2 is 2.17 bits per heavy atom. The third kappa shape index (κ3) is 2.99. The first-order valence-corrected chi connectivity index (χ1v) is 5.75. The minimum Gasteiger partial charge on any atom is -0.507 e. The molecule has 5 heteroatoms. The van der Waals surface area contributed by atoms with Crippen molar-refractivity contribution >= 4 is 23.1 Å². The smallest absolute Gasteiger partial charge is 0.146 e. The maximum absolute atomic E-state index is 9.72. The number of aromatic hydroxyl groups is 1. The molecule has 4 nitrogen and oxygen atoms in total. The van der Waals surface area contributed by atoms with Crippen LogP contribution in [0.25, 0.3) is 0 Å². The molecule has 0 amide bonds. The number of nitrogens with zero attached hydrogens (tertiary/aromatic N) is 2. The lowest BCUT2D eigenvalue weighted by Gasteiger charge is -2.05. The van der Waals surface area contributed by atoms with E-state index >= 15 is 0 Å². The second-order valence-electron chi connectivity index (χ2n) is 3.69. The molecule has 2 N–H and O–H groups in total. The molecule has 2 aromatic rings. The first kappa shape index (κ1) is 12.4. The molecule has 0 radical (unpaired) electrons. The Hall–Kier alpha value is -2.07. The van der Waals surface area contributed by atoms with Crippen molar-refractivity contribution < 1.29 is 5.11 Å². The zero-order valence-corrected chi connectivity index (χ0v) is 10.5. The molecular weight excluding hydrogens is 250 g/mol. The number of nitrogens with one attached hydrogen (secondary N) is 1. The summed E-state index contributed by atoms with van der Waals surface area (Å²) in [5.74, 6) is 0.779. The van der Waals surface area contributed by atoms with Crippen LogP contribution in [-0.2, 0) is 0 Å². The Morgan fingerprint density at radius 3 is 2.89 bits per heavy atom. The Bertz CT molecular complexity index is 570. The summed E-state index contributed by atoms with van der Waals surface area (Å²) in [6.45, 7) is 1.78. The number of phenols is 1. The zero-order chi connectivity index (χ0) is 13.0. The van der Waals surface area contributed by atoms with E-state index in [4.69, 9.17) is 11.6 Å². The van der Waals surface area contributed by atoms with E-state index in [0.29, 0.717) is 22.1 Å². The number of aromatic nitrogens is 1. The Morgan fingerprint density at radius 1 is 1.33 bits per heavy atom. The summed E-state index contributed by atoms with van der Waals surface area (Å²) in [6, 6.07) is 10.3. The molecule has 1 aromatic carbocycles. The van der Waals surface area contributed by atoms with Gasteiger partial charge in [-0.15, -0.1) is 0 Å². The molecule has 92 valence electrons. The number of pyridine rings is 1. The molecule has 0 aliphatic carbocycles. The lowest BCUT2D eigenvalue weighted by molar-refractivity contribution is 0.474. The maximum Gasteiger partial charge on any atom is 0.146 e. The van der Waals surface area contributed by atoms with Gasteiger partial charge in [0.2, 0.25) is 0 Å². The van der Waals surface area contributed by atoms with E-state index in [2.05, 4.69) is 15.5 Å². The number of halogens is 1. The molecule has 0 spiro atoms. The molecule has 0 fully saturated rings. The van der Waals surface area contributed by atoms with Crippen LogP contribution in [-0.4, -0.2) is 15.8 Å². The van der Waals surface area contributed by atoms with Crippen LogP contribution in [0.4, 0.5) is 5.82 Å². The number of hydrogen-bond donors (Lipinski definition) is 2. The first-order valence-electron chi connectivity index (χ1n) is 5.37. The summed E-state index contributed by atoms with van der Waals surface area (Å²) in [5.41, 5.74) is 4.03. The molecule has 0 atom stereocenters. The van der Waals surface area contributed by atoms with Crippen molar-refractivity contribution in [2.45, 2.75) is 6.92 Å². The van der Waals surface area contributed by atoms with Gasteiger partial charge in [-0.05, 0) is 37.3 Å². The van der Waals surface area contributed by atoms with Crippen LogP contribution < -0.4 is 5.43 Å². The molecule has 0 aliphatic rings. The largest absolute Gasteiger partial charge is 0.507 e. The summed E-state index contributed by atoms with van der Waals surface area (Å²) < 4.78 is 0. The molecule has 1 aromatic heterocycles. The van der Waals surface area contributed by atoms with Crippen LogP contribution in [0.2, 0.25) is 5.02 Å². The number of phenolic OH excluding ortho intramolecular Hbond substituents is 1. The molecule has 0 saturated carbocycles. The maximum atomic E-state index is 9.72. The normalized spacial score (nSPS) is 11.3. The number of benzene rings is 1. The molecule has 0 bridgehead atoms. The van der Waals surface area contributed by atoms with Crippen LogP contribution in [0.1, 0.15) is 12.5 Å². The Labute approximate surface area is 110 Å². The lowest BCUT2D eigenvalue weighted by Crippen LogP contribution is -2.01. The Kier molecular flexibility index (Phi) is 3.79. The number of anilines is 1. The topological polar surface area (TPSA) is 57.5 Å². The highest BCUT2D eigenvalue weighted by Gasteiger charge is 2.05. The van der Waals surface area contributed by atoms with Gasteiger partial charge in [-0.3, -0.25) is 5.43 Å². The standard InChI is InChI=1S/C13H12ClN3O/c1-9(11-8-10(14)5-6-12(11)18)16-17-13-4-2-3-7-15-13/h2-8,18H,1H3,(H,15,17)/b16-9+. The lowest BCUT2D eigenvalue weighted by atomic mass is 10.1. The van der Waals surface area contributed by atoms with Gasteiger partial charge in [0.15, 0.2) is 0 Å². The van der Waals surface area contributed by atoms with Gasteiger partial charge in [0.1, 0.15) is 11.6 Å². The minimum atomic E-state index is 0.142. The fraction of sp³-hybridized carbons (Fsp3) is 0.0769. The second-order valence-corrected chi connectivity index (χ2v) is 4.12. The second kappa shape index (κ2) is 5.51. The summed E-state index contributed by atoms with van der Waals surface area (Å²) in [7, 11) is 0. The van der Waals surface area contributed by atoms with E-state index in [1.165, 1.54) is 6.07 Å². The molecule has 0 saturated heterocycles. The fourth-order valence-electron chi connectivity index (χ4n) is 1.43. The number of rotatable bonds is 3. The van der Waals surface area contributed by atoms with Crippen LogP contribution >= 0.6 is 11.6 Å². The monoisotopic (exact) mass is 261 g/mol. The predicted octanol–water partition coefficient (Wildman–Crippen LogP) is 3.28. The Balaban J connectivity index is 2.20. The van der Waals surface area contributed by atoms with E-state index in [9.17, 15) is 5.11 Å². The highest BCUT2D eigenvalue weighted by atomic mass is 35.5. The van der Waals surface area contributed by atoms with Gasteiger partial charge in [-0.2, -0.15) is 5.10 Å². The van der Waals surface area contributed by atoms with Gasteiger partial charge < -0.3 is 5.11 Å². The van der Waals surface area contributed by atoms with E-state index in [-0.39, 0.29) is 5.75 Å². The van der Waals surface area contributed by atoms with Crippen molar-refractivity contribution in [3.63, 3.8) is 0 Å². The zero-order valence-electron chi connectivity index (χ0n) is 9.76. The third-order valence-electron chi connectivity index (χ3n) is 2.35. The predicted molar refractivity (Wildman–Crippen MR) is 73.2 cm³/mol.